The van der Waals surface area contributed by atoms with Gasteiger partial charge in [0.1, 0.15) is 12.4 Å². The van der Waals surface area contributed by atoms with E-state index in [4.69, 9.17) is 9.47 Å². The number of ether oxygens (including phenoxy) is 2. The maximum absolute atomic E-state index is 12.1. The Morgan fingerprint density at radius 2 is 1.92 bits per heavy atom. The van der Waals surface area contributed by atoms with Gasteiger partial charge in [0, 0.05) is 32.8 Å². The number of carbonyl (C=O) groups excluding carboxylic acids is 1. The summed E-state index contributed by atoms with van der Waals surface area (Å²) >= 11 is 0. The van der Waals surface area contributed by atoms with Crippen LogP contribution in [-0.4, -0.2) is 36.0 Å². The lowest BCUT2D eigenvalue weighted by atomic mass is 10.1. The Morgan fingerprint density at radius 1 is 1.20 bits per heavy atom. The zero-order chi connectivity index (χ0) is 18.2. The van der Waals surface area contributed by atoms with Crippen LogP contribution in [0.25, 0.3) is 0 Å². The molecule has 0 saturated heterocycles. The summed E-state index contributed by atoms with van der Waals surface area (Å²) in [6, 6.07) is 7.72. The van der Waals surface area contributed by atoms with E-state index in [-0.39, 0.29) is 5.91 Å². The molecule has 1 aromatic heterocycles. The van der Waals surface area contributed by atoms with Gasteiger partial charge in [0.15, 0.2) is 0 Å². The second-order valence-corrected chi connectivity index (χ2v) is 6.03. The fourth-order valence-corrected chi connectivity index (χ4v) is 2.65. The van der Waals surface area contributed by atoms with E-state index in [0.29, 0.717) is 32.6 Å². The summed E-state index contributed by atoms with van der Waals surface area (Å²) in [5, 5.41) is 7.34. The van der Waals surface area contributed by atoms with Crippen molar-refractivity contribution >= 4 is 5.91 Å². The van der Waals surface area contributed by atoms with Crippen molar-refractivity contribution in [1.82, 2.24) is 15.1 Å². The summed E-state index contributed by atoms with van der Waals surface area (Å²) in [6.07, 6.45) is 1.18. The predicted molar refractivity (Wildman–Crippen MR) is 96.7 cm³/mol. The second-order valence-electron chi connectivity index (χ2n) is 6.03. The number of carbonyl (C=O) groups is 1. The molecule has 25 heavy (non-hydrogen) atoms. The van der Waals surface area contributed by atoms with Crippen LogP contribution < -0.4 is 10.1 Å². The molecule has 1 amide bonds. The van der Waals surface area contributed by atoms with Crippen LogP contribution in [0.2, 0.25) is 0 Å². The third kappa shape index (κ3) is 5.60. The van der Waals surface area contributed by atoms with Gasteiger partial charge in [-0.1, -0.05) is 12.1 Å². The minimum absolute atomic E-state index is 0.0445. The van der Waals surface area contributed by atoms with Crippen molar-refractivity contribution in [3.8, 4) is 5.75 Å². The lowest BCUT2D eigenvalue weighted by molar-refractivity contribution is -0.121. The molecule has 0 atom stereocenters. The molecule has 2 aromatic rings. The van der Waals surface area contributed by atoms with Crippen molar-refractivity contribution in [2.45, 2.75) is 33.2 Å². The van der Waals surface area contributed by atoms with Crippen LogP contribution in [0.5, 0.6) is 5.75 Å². The molecule has 1 N–H and O–H groups in total. The quantitative estimate of drug-likeness (QED) is 0.708. The van der Waals surface area contributed by atoms with Gasteiger partial charge in [-0.25, -0.2) is 0 Å². The molecule has 0 aliphatic heterocycles. The smallest absolute Gasteiger partial charge is 0.220 e. The van der Waals surface area contributed by atoms with Crippen LogP contribution in [0.4, 0.5) is 0 Å². The van der Waals surface area contributed by atoms with Gasteiger partial charge < -0.3 is 14.8 Å². The fraction of sp³-hybridized carbons (Fsp3) is 0.474. The molecular formula is C19H27N3O3. The lowest BCUT2D eigenvalue weighted by Crippen LogP contribution is -2.23. The Labute approximate surface area is 149 Å². The van der Waals surface area contributed by atoms with Crippen LogP contribution in [0.3, 0.4) is 0 Å². The molecule has 0 unspecified atom stereocenters. The van der Waals surface area contributed by atoms with Gasteiger partial charge in [0.2, 0.25) is 5.91 Å². The number of nitrogens with zero attached hydrogens (tertiary/aromatic N) is 2. The molecule has 2 rings (SSSR count). The average molecular weight is 345 g/mol. The van der Waals surface area contributed by atoms with Crippen molar-refractivity contribution in [3.63, 3.8) is 0 Å². The van der Waals surface area contributed by atoms with E-state index >= 15 is 0 Å². The first kappa shape index (κ1) is 19.0. The first-order valence-electron chi connectivity index (χ1n) is 8.47. The van der Waals surface area contributed by atoms with Gasteiger partial charge in [0.25, 0.3) is 0 Å². The van der Waals surface area contributed by atoms with E-state index in [2.05, 4.69) is 10.4 Å². The van der Waals surface area contributed by atoms with Crippen LogP contribution >= 0.6 is 0 Å². The van der Waals surface area contributed by atoms with Gasteiger partial charge in [0.05, 0.1) is 12.3 Å². The highest BCUT2D eigenvalue weighted by molar-refractivity contribution is 5.76. The maximum Gasteiger partial charge on any atom is 0.220 e. The Hall–Kier alpha value is -2.34. The molecule has 6 heteroatoms. The van der Waals surface area contributed by atoms with Crippen molar-refractivity contribution in [2.75, 3.05) is 20.3 Å². The van der Waals surface area contributed by atoms with E-state index in [0.717, 1.165) is 28.3 Å². The number of hydrogen-bond acceptors (Lipinski definition) is 4. The van der Waals surface area contributed by atoms with E-state index < -0.39 is 0 Å². The van der Waals surface area contributed by atoms with Crippen LogP contribution in [0, 0.1) is 13.8 Å². The van der Waals surface area contributed by atoms with Crippen LogP contribution in [-0.2, 0) is 29.5 Å². The number of nitrogens with one attached hydrogen (secondary N) is 1. The Morgan fingerprint density at radius 3 is 2.52 bits per heavy atom. The highest BCUT2D eigenvalue weighted by Gasteiger charge is 2.11. The molecule has 0 aliphatic carbocycles. The molecule has 1 heterocycles. The zero-order valence-electron chi connectivity index (χ0n) is 15.5. The number of hydrogen-bond donors (Lipinski definition) is 1. The molecule has 0 fully saturated rings. The molecule has 1 aromatic carbocycles. The number of benzene rings is 1. The van der Waals surface area contributed by atoms with Gasteiger partial charge in [-0.15, -0.1) is 0 Å². The fourth-order valence-electron chi connectivity index (χ4n) is 2.65. The highest BCUT2D eigenvalue weighted by atomic mass is 16.5. The van der Waals surface area contributed by atoms with Crippen molar-refractivity contribution in [1.29, 1.82) is 0 Å². The number of amides is 1. The number of aromatic nitrogens is 2. The largest absolute Gasteiger partial charge is 0.491 e. The lowest BCUT2D eigenvalue weighted by Gasteiger charge is -2.08. The van der Waals surface area contributed by atoms with Gasteiger partial charge in [-0.3, -0.25) is 9.48 Å². The first-order valence-corrected chi connectivity index (χ1v) is 8.47. The van der Waals surface area contributed by atoms with E-state index in [1.54, 1.807) is 7.11 Å². The maximum atomic E-state index is 12.1. The van der Waals surface area contributed by atoms with E-state index in [9.17, 15) is 4.79 Å². The predicted octanol–water partition coefficient (Wildman–Crippen LogP) is 2.31. The van der Waals surface area contributed by atoms with E-state index in [1.165, 1.54) is 0 Å². The minimum Gasteiger partial charge on any atom is -0.491 e. The molecule has 0 spiro atoms. The Kier molecular flexibility index (Phi) is 7.01. The van der Waals surface area contributed by atoms with Gasteiger partial charge in [-0.2, -0.15) is 5.10 Å². The molecular weight excluding hydrogens is 318 g/mol. The molecule has 0 radical (unpaired) electrons. The average Bonchev–Trinajstić information content (AvgIpc) is 2.84. The number of aryl methyl sites for hydroxylation is 2. The van der Waals surface area contributed by atoms with Crippen LogP contribution in [0.1, 0.15) is 28.9 Å². The summed E-state index contributed by atoms with van der Waals surface area (Å²) in [6.45, 7) is 5.62. The normalized spacial score (nSPS) is 10.7. The Balaban J connectivity index is 1.76. The highest BCUT2D eigenvalue weighted by Crippen LogP contribution is 2.14. The van der Waals surface area contributed by atoms with Crippen molar-refractivity contribution in [3.05, 3.63) is 46.8 Å². The summed E-state index contributed by atoms with van der Waals surface area (Å²) in [5.74, 6) is 0.845. The molecule has 6 nitrogen and oxygen atoms in total. The molecule has 0 bridgehead atoms. The first-order chi connectivity index (χ1) is 12.0. The number of rotatable bonds is 9. The van der Waals surface area contributed by atoms with Gasteiger partial charge >= 0.3 is 0 Å². The SMILES string of the molecule is COCCOc1ccc(CNC(=O)CCc2c(C)nn(C)c2C)cc1. The van der Waals surface area contributed by atoms with Gasteiger partial charge in [-0.05, 0) is 43.5 Å². The molecule has 136 valence electrons. The topological polar surface area (TPSA) is 65.4 Å². The Bertz CT molecular complexity index is 693. The van der Waals surface area contributed by atoms with Crippen LogP contribution in [0.15, 0.2) is 24.3 Å². The summed E-state index contributed by atoms with van der Waals surface area (Å²) in [7, 11) is 3.57. The molecule has 0 saturated carbocycles. The minimum atomic E-state index is 0.0445. The van der Waals surface area contributed by atoms with Crippen molar-refractivity contribution in [2.24, 2.45) is 7.05 Å². The third-order valence-corrected chi connectivity index (χ3v) is 4.23. The summed E-state index contributed by atoms with van der Waals surface area (Å²) in [5.41, 5.74) is 4.32. The van der Waals surface area contributed by atoms with E-state index in [1.807, 2.05) is 49.8 Å². The zero-order valence-corrected chi connectivity index (χ0v) is 15.5. The third-order valence-electron chi connectivity index (χ3n) is 4.23. The molecule has 0 aliphatic rings. The second kappa shape index (κ2) is 9.22. The van der Waals surface area contributed by atoms with Crippen molar-refractivity contribution < 1.29 is 14.3 Å². The summed E-state index contributed by atoms with van der Waals surface area (Å²) < 4.78 is 12.3. The number of methoxy groups -OCH3 is 1. The monoisotopic (exact) mass is 345 g/mol. The summed E-state index contributed by atoms with van der Waals surface area (Å²) in [4.78, 5) is 12.1. The standard InChI is InChI=1S/C19H27N3O3/c1-14-18(15(2)22(3)21-14)9-10-19(23)20-13-16-5-7-17(8-6-16)25-12-11-24-4/h5-8H,9-13H2,1-4H3,(H,20,23).